The summed E-state index contributed by atoms with van der Waals surface area (Å²) in [7, 11) is 0. The molecule has 1 aromatic rings. The Morgan fingerprint density at radius 1 is 1.17 bits per heavy atom. The van der Waals surface area contributed by atoms with Crippen LogP contribution in [-0.4, -0.2) is 69.9 Å². The first-order valence-corrected chi connectivity index (χ1v) is 11.1. The summed E-state index contributed by atoms with van der Waals surface area (Å²) >= 11 is 1.73. The Bertz CT molecular complexity index is 801. The highest BCUT2D eigenvalue weighted by Gasteiger charge is 2.40. The summed E-state index contributed by atoms with van der Waals surface area (Å²) < 4.78 is 0. The summed E-state index contributed by atoms with van der Waals surface area (Å²) in [5.41, 5.74) is 0.609. The molecule has 0 aliphatic carbocycles. The Balaban J connectivity index is 1.52. The number of benzene rings is 1. The molecule has 0 unspecified atom stereocenters. The van der Waals surface area contributed by atoms with Gasteiger partial charge in [-0.1, -0.05) is 24.3 Å². The lowest BCUT2D eigenvalue weighted by molar-refractivity contribution is -0.154. The number of thioether (sulfide) groups is 1. The van der Waals surface area contributed by atoms with E-state index in [1.807, 2.05) is 6.07 Å². The van der Waals surface area contributed by atoms with E-state index in [-0.39, 0.29) is 12.5 Å². The average Bonchev–Trinajstić information content (AvgIpc) is 3.45. The maximum absolute atomic E-state index is 12.7. The van der Waals surface area contributed by atoms with Crippen molar-refractivity contribution in [3.63, 3.8) is 0 Å². The van der Waals surface area contributed by atoms with Gasteiger partial charge in [0.25, 0.3) is 11.8 Å². The molecule has 0 aromatic heterocycles. The second kappa shape index (κ2) is 10.6. The minimum absolute atomic E-state index is 0.280. The lowest BCUT2D eigenvalue weighted by Gasteiger charge is -2.27. The zero-order valence-electron chi connectivity index (χ0n) is 16.6. The first kappa shape index (κ1) is 22.3. The van der Waals surface area contributed by atoms with Crippen molar-refractivity contribution < 1.29 is 24.6 Å². The van der Waals surface area contributed by atoms with Gasteiger partial charge in [-0.05, 0) is 42.7 Å². The molecule has 4 N–H and O–H groups in total. The maximum Gasteiger partial charge on any atom is 0.255 e. The predicted molar refractivity (Wildman–Crippen MR) is 115 cm³/mol. The highest BCUT2D eigenvalue weighted by Crippen LogP contribution is 2.26. The van der Waals surface area contributed by atoms with Crippen molar-refractivity contribution in [1.29, 1.82) is 0 Å². The number of carbonyl (C=O) groups excluding carboxylic acids is 3. The molecule has 8 nitrogen and oxygen atoms in total. The molecule has 0 radical (unpaired) electrons. The fourth-order valence-corrected chi connectivity index (χ4v) is 4.54. The van der Waals surface area contributed by atoms with Gasteiger partial charge in [-0.3, -0.25) is 14.4 Å². The van der Waals surface area contributed by atoms with Crippen LogP contribution in [0.1, 0.15) is 25.7 Å². The van der Waals surface area contributed by atoms with Gasteiger partial charge in [0.05, 0.1) is 0 Å². The Labute approximate surface area is 179 Å². The Kier molecular flexibility index (Phi) is 7.89. The van der Waals surface area contributed by atoms with Crippen molar-refractivity contribution in [1.82, 2.24) is 10.2 Å². The van der Waals surface area contributed by atoms with Crippen LogP contribution in [-0.2, 0) is 14.4 Å². The Morgan fingerprint density at radius 3 is 2.63 bits per heavy atom. The zero-order valence-corrected chi connectivity index (χ0v) is 17.4. The van der Waals surface area contributed by atoms with Gasteiger partial charge in [0.15, 0.2) is 12.2 Å². The number of nitrogens with zero attached hydrogens (tertiary/aromatic N) is 1. The van der Waals surface area contributed by atoms with Crippen LogP contribution >= 0.6 is 11.8 Å². The summed E-state index contributed by atoms with van der Waals surface area (Å²) in [4.78, 5) is 39.8. The van der Waals surface area contributed by atoms with Crippen molar-refractivity contribution in [2.24, 2.45) is 0 Å². The largest absolute Gasteiger partial charge is 0.380 e. The molecular formula is C21H27N3O5S. The molecule has 0 bridgehead atoms. The fourth-order valence-electron chi connectivity index (χ4n) is 3.56. The van der Waals surface area contributed by atoms with Crippen LogP contribution in [0.25, 0.3) is 0 Å². The number of carbonyl (C=O) groups is 3. The second-order valence-electron chi connectivity index (χ2n) is 7.28. The number of rotatable bonds is 8. The van der Waals surface area contributed by atoms with E-state index >= 15 is 0 Å². The number of hydrogen-bond acceptors (Lipinski definition) is 6. The normalized spacial score (nSPS) is 20.4. The molecule has 3 amide bonds. The van der Waals surface area contributed by atoms with Crippen LogP contribution in [0, 0.1) is 0 Å². The van der Waals surface area contributed by atoms with E-state index in [0.717, 1.165) is 12.2 Å². The van der Waals surface area contributed by atoms with E-state index in [0.29, 0.717) is 31.5 Å². The van der Waals surface area contributed by atoms with Gasteiger partial charge in [-0.25, -0.2) is 0 Å². The van der Waals surface area contributed by atoms with Gasteiger partial charge in [-0.15, -0.1) is 11.8 Å². The van der Waals surface area contributed by atoms with Crippen LogP contribution in [0.3, 0.4) is 0 Å². The SMILES string of the molecule is O=C(NCCC1=CCCS1)[C@H](O)[C@@H](O)C(=O)N1CCC[C@H]1C(=O)Nc1ccccc1. The molecule has 2 aliphatic heterocycles. The van der Waals surface area contributed by atoms with E-state index in [1.165, 1.54) is 9.81 Å². The predicted octanol–water partition coefficient (Wildman–Crippen LogP) is 0.865. The molecule has 1 aromatic carbocycles. The zero-order chi connectivity index (χ0) is 21.5. The maximum atomic E-state index is 12.7. The number of aliphatic hydroxyl groups is 2. The molecular weight excluding hydrogens is 406 g/mol. The molecule has 3 atom stereocenters. The second-order valence-corrected chi connectivity index (χ2v) is 8.50. The van der Waals surface area contributed by atoms with Crippen LogP contribution in [0.5, 0.6) is 0 Å². The van der Waals surface area contributed by atoms with Gasteiger partial charge in [0.1, 0.15) is 6.04 Å². The van der Waals surface area contributed by atoms with E-state index < -0.39 is 30.1 Å². The third kappa shape index (κ3) is 5.62. The van der Waals surface area contributed by atoms with Crippen LogP contribution < -0.4 is 10.6 Å². The molecule has 1 fully saturated rings. The number of allylic oxidation sites excluding steroid dienone is 1. The van der Waals surface area contributed by atoms with Gasteiger partial charge < -0.3 is 25.7 Å². The van der Waals surface area contributed by atoms with Gasteiger partial charge in [-0.2, -0.15) is 0 Å². The first-order valence-electron chi connectivity index (χ1n) is 10.1. The Morgan fingerprint density at radius 2 is 1.93 bits per heavy atom. The van der Waals surface area contributed by atoms with Crippen molar-refractivity contribution in [2.75, 3.05) is 24.2 Å². The summed E-state index contributed by atoms with van der Waals surface area (Å²) in [6.07, 6.45) is 1.02. The number of likely N-dealkylation sites (tertiary alicyclic amines) is 1. The highest BCUT2D eigenvalue weighted by atomic mass is 32.2. The van der Waals surface area contributed by atoms with Crippen molar-refractivity contribution in [2.45, 2.75) is 43.9 Å². The van der Waals surface area contributed by atoms with Gasteiger partial charge in [0, 0.05) is 24.5 Å². The number of amides is 3. The standard InChI is InChI=1S/C21H27N3O5S/c25-17(20(28)22-11-10-15-8-5-13-30-15)18(26)21(29)24-12-4-9-16(24)19(27)23-14-6-2-1-3-7-14/h1-3,6-8,16-18,25-26H,4-5,9-13H2,(H,22,28)(H,23,27)/t16-,17+,18+/m0/s1. The monoisotopic (exact) mass is 433 g/mol. The number of anilines is 1. The lowest BCUT2D eigenvalue weighted by Crippen LogP contribution is -2.53. The van der Waals surface area contributed by atoms with E-state index in [9.17, 15) is 24.6 Å². The van der Waals surface area contributed by atoms with Crippen molar-refractivity contribution >= 4 is 35.2 Å². The average molecular weight is 434 g/mol. The summed E-state index contributed by atoms with van der Waals surface area (Å²) in [5.74, 6) is -0.949. The van der Waals surface area contributed by atoms with Gasteiger partial charge in [0.2, 0.25) is 5.91 Å². The third-order valence-electron chi connectivity index (χ3n) is 5.15. The molecule has 2 heterocycles. The van der Waals surface area contributed by atoms with Crippen LogP contribution in [0.4, 0.5) is 5.69 Å². The number of aliphatic hydroxyl groups excluding tert-OH is 2. The molecule has 0 saturated carbocycles. The molecule has 0 spiro atoms. The minimum atomic E-state index is -1.92. The number of nitrogens with one attached hydrogen (secondary N) is 2. The molecule has 2 aliphatic rings. The van der Waals surface area contributed by atoms with Crippen LogP contribution in [0.15, 0.2) is 41.3 Å². The topological polar surface area (TPSA) is 119 Å². The number of hydrogen-bond donors (Lipinski definition) is 4. The van der Waals surface area contributed by atoms with Gasteiger partial charge >= 0.3 is 0 Å². The van der Waals surface area contributed by atoms with Crippen LogP contribution in [0.2, 0.25) is 0 Å². The molecule has 3 rings (SSSR count). The number of para-hydroxylation sites is 1. The quantitative estimate of drug-likeness (QED) is 0.483. The van der Waals surface area contributed by atoms with E-state index in [1.54, 1.807) is 36.0 Å². The van der Waals surface area contributed by atoms with E-state index in [2.05, 4.69) is 16.7 Å². The Hall–Kier alpha value is -2.36. The molecule has 162 valence electrons. The van der Waals surface area contributed by atoms with E-state index in [4.69, 9.17) is 0 Å². The van der Waals surface area contributed by atoms with Crippen molar-refractivity contribution in [3.8, 4) is 0 Å². The summed E-state index contributed by atoms with van der Waals surface area (Å²) in [5, 5.41) is 25.7. The fraction of sp³-hybridized carbons (Fsp3) is 0.476. The third-order valence-corrected chi connectivity index (χ3v) is 6.33. The summed E-state index contributed by atoms with van der Waals surface area (Å²) in [6, 6.07) is 8.12. The lowest BCUT2D eigenvalue weighted by atomic mass is 10.1. The highest BCUT2D eigenvalue weighted by molar-refractivity contribution is 8.03. The molecule has 1 saturated heterocycles. The molecule has 30 heavy (non-hydrogen) atoms. The minimum Gasteiger partial charge on any atom is -0.380 e. The molecule has 9 heteroatoms. The summed E-state index contributed by atoms with van der Waals surface area (Å²) in [6.45, 7) is 0.601. The first-order chi connectivity index (χ1) is 14.5. The smallest absolute Gasteiger partial charge is 0.255 e. The van der Waals surface area contributed by atoms with Crippen molar-refractivity contribution in [3.05, 3.63) is 41.3 Å².